The van der Waals surface area contributed by atoms with E-state index in [9.17, 15) is 79.2 Å². The number of anilines is 8. The number of methoxy groups -OCH3 is 1. The molecule has 0 radical (unpaired) electrons. The van der Waals surface area contributed by atoms with E-state index in [1.54, 1.807) is 147 Å². The third-order valence-electron chi connectivity index (χ3n) is 19.6. The topological polar surface area (TPSA) is 428 Å². The van der Waals surface area contributed by atoms with Gasteiger partial charge >= 0.3 is 0 Å². The first-order valence-corrected chi connectivity index (χ1v) is 47.3. The molecule has 0 aromatic heterocycles. The summed E-state index contributed by atoms with van der Waals surface area (Å²) in [4.78, 5) is 95.8. The summed E-state index contributed by atoms with van der Waals surface area (Å²) in [6.45, 7) is 3.98. The predicted octanol–water partition coefficient (Wildman–Crippen LogP) is 28.5. The van der Waals surface area contributed by atoms with Crippen LogP contribution in [0.4, 0.5) is 45.5 Å². The maximum Gasteiger partial charge on any atom is 0.259 e. The SMILES string of the molecule is C#Cc1cccc(NC(=O)c2cc(Cl)ccc2O)c1.CCc1cccc(NC(=O)c2cc(Cl)ccc2O)c1.COc1cccc(NC(=O)c2cc(Cl)ccc2O)c1.Cc1cccc(NC(=O)c2cc(Cl)ccc2O)c1.N#Cc1cccc(NC(=O)c2cc(Cl)ccc2O)c1.O=C(Nc1cccc(Br)c1)c1cc(Cl)ccc1O.O=C(Nc1cccc(Cl)c1)c1cc(Cl)ccc1O.O=C(Nc1ccccc1)c1cc(Cl)ccc1O. The number of carbonyl (C=O) groups excluding carboxylic acids is 8. The van der Waals surface area contributed by atoms with Crippen molar-refractivity contribution in [2.45, 2.75) is 20.3 Å². The van der Waals surface area contributed by atoms with Crippen LogP contribution in [0.15, 0.2) is 350 Å². The molecule has 16 aromatic rings. The predicted molar refractivity (Wildman–Crippen MR) is 586 cm³/mol. The zero-order valence-corrected chi connectivity index (χ0v) is 85.6. The number of aromatic hydroxyl groups is 8. The van der Waals surface area contributed by atoms with E-state index in [2.05, 4.69) is 64.4 Å². The van der Waals surface area contributed by atoms with Crippen molar-refractivity contribution >= 4 is 213 Å². The highest BCUT2D eigenvalue weighted by Gasteiger charge is 2.21. The fourth-order valence-corrected chi connectivity index (χ4v) is 14.4. The second-order valence-corrected chi connectivity index (χ2v) is 35.2. The minimum Gasteiger partial charge on any atom is -0.507 e. The van der Waals surface area contributed by atoms with Gasteiger partial charge in [0.1, 0.15) is 51.7 Å². The second-order valence-electron chi connectivity index (χ2n) is 30.4. The lowest BCUT2D eigenvalue weighted by Crippen LogP contribution is -2.12. The molecule has 36 heteroatoms. The molecule has 0 atom stereocenters. The van der Waals surface area contributed by atoms with E-state index < -0.39 is 35.4 Å². The summed E-state index contributed by atoms with van der Waals surface area (Å²) in [5.41, 5.74) is 9.14. The summed E-state index contributed by atoms with van der Waals surface area (Å²) in [5, 5.41) is 111. The minimum atomic E-state index is -0.491. The highest BCUT2D eigenvalue weighted by molar-refractivity contribution is 9.10. The molecular weight excluding hydrogens is 2130 g/mol. The molecule has 16 aromatic carbocycles. The number of ether oxygens (including phenoxy) is 1. The number of phenolic OH excluding ortho intramolecular Hbond substituents is 8. The lowest BCUT2D eigenvalue weighted by molar-refractivity contribution is 0.101. The zero-order valence-electron chi connectivity index (χ0n) is 77.2. The Labute approximate surface area is 897 Å². The van der Waals surface area contributed by atoms with Gasteiger partial charge in [-0.15, -0.1) is 6.42 Å². The summed E-state index contributed by atoms with van der Waals surface area (Å²) in [6, 6.07) is 94.6. The molecule has 0 aliphatic carbocycles. The first kappa shape index (κ1) is 114. The number of hydrogen-bond acceptors (Lipinski definition) is 18. The Morgan fingerprint density at radius 2 is 0.524 bits per heavy atom. The van der Waals surface area contributed by atoms with Crippen LogP contribution in [-0.2, 0) is 6.42 Å². The molecule has 0 spiro atoms. The van der Waals surface area contributed by atoms with Crippen LogP contribution in [0.3, 0.4) is 0 Å². The Morgan fingerprint density at radius 3 is 0.823 bits per heavy atom. The standard InChI is InChI=1S/C15H14ClNO2.C15H10ClNO2.C14H9ClN2O2.C14H12ClNO3.C14H12ClNO2.C13H9BrClNO2.C13H9Cl2NO2.C13H10ClNO2/c2*1-2-10-4-3-5-12(8-10)17-15(19)13-9-11(16)6-7-14(13)18;15-10-4-5-13(18)12(7-10)14(19)17-11-3-1-2-9(6-11)8-16;1-19-11-4-2-3-10(8-11)16-14(18)12-7-9(15)5-6-13(12)17;1-9-3-2-4-11(7-9)16-14(18)12-8-10(15)5-6-13(12)17;2*14-8-2-1-3-10(6-8)16-13(18)11-7-9(15)4-5-12(11)17;14-9-6-7-12(16)11(8-9)13(17)15-10-4-2-1-3-5-10/h3-9,18H,2H2,1H3,(H,17,19);1,3-9,18H,(H,17,19);1-7,18H,(H,17,19);2-8,17H,1H3,(H,16,18);2-8,17H,1H3,(H,16,18);2*1-7,17H,(H,16,18);1-8,16H,(H,15,17). The van der Waals surface area contributed by atoms with Crippen LogP contribution in [0.25, 0.3) is 0 Å². The molecule has 26 nitrogen and oxygen atoms in total. The van der Waals surface area contributed by atoms with Gasteiger partial charge in [-0.05, 0) is 291 Å². The van der Waals surface area contributed by atoms with Crippen molar-refractivity contribution in [1.82, 2.24) is 0 Å². The Balaban J connectivity index is 0.000000187. The Hall–Kier alpha value is -16.4. The molecule has 147 heavy (non-hydrogen) atoms. The molecule has 0 fully saturated rings. The number of hydrogen-bond donors (Lipinski definition) is 16. The van der Waals surface area contributed by atoms with Gasteiger partial charge in [-0.1, -0.05) is 206 Å². The number of halogens is 10. The average molecular weight is 2220 g/mol. The number of aryl methyl sites for hydroxylation is 2. The van der Waals surface area contributed by atoms with Gasteiger partial charge in [0, 0.05) is 107 Å². The summed E-state index contributed by atoms with van der Waals surface area (Å²) in [6.07, 6.45) is 6.18. The molecule has 746 valence electrons. The van der Waals surface area contributed by atoms with Crippen LogP contribution in [0, 0.1) is 30.6 Å². The van der Waals surface area contributed by atoms with Crippen molar-refractivity contribution in [3.63, 3.8) is 0 Å². The lowest BCUT2D eigenvalue weighted by atomic mass is 10.1. The highest BCUT2D eigenvalue weighted by Crippen LogP contribution is 2.33. The van der Waals surface area contributed by atoms with E-state index in [1.165, 1.54) is 146 Å². The van der Waals surface area contributed by atoms with Gasteiger partial charge < -0.3 is 88.1 Å². The summed E-state index contributed by atoms with van der Waals surface area (Å²) < 4.78 is 5.92. The van der Waals surface area contributed by atoms with Crippen LogP contribution in [0.5, 0.6) is 51.7 Å². The molecule has 0 heterocycles. The first-order chi connectivity index (χ1) is 70.2. The molecule has 0 saturated heterocycles. The normalized spacial score (nSPS) is 9.98. The van der Waals surface area contributed by atoms with Gasteiger partial charge in [-0.2, -0.15) is 5.26 Å². The van der Waals surface area contributed by atoms with Gasteiger partial charge in [0.2, 0.25) is 0 Å². The van der Waals surface area contributed by atoms with E-state index >= 15 is 0 Å². The van der Waals surface area contributed by atoms with Crippen LogP contribution < -0.4 is 47.3 Å². The zero-order chi connectivity index (χ0) is 107. The monoisotopic (exact) mass is 2210 g/mol. The molecule has 16 rings (SSSR count). The largest absolute Gasteiger partial charge is 0.507 e. The second kappa shape index (κ2) is 57.2. The first-order valence-electron chi connectivity index (χ1n) is 43.1. The maximum atomic E-state index is 12.1. The Kier molecular flexibility index (Phi) is 44.4. The molecule has 0 unspecified atom stereocenters. The molecule has 0 aliphatic heterocycles. The van der Waals surface area contributed by atoms with Crippen LogP contribution in [-0.4, -0.2) is 95.2 Å². The number of phenols is 8. The number of carbonyl (C=O) groups is 8. The van der Waals surface area contributed by atoms with Gasteiger partial charge in [-0.3, -0.25) is 38.4 Å². The van der Waals surface area contributed by atoms with Crippen molar-refractivity contribution in [2.24, 2.45) is 0 Å². The summed E-state index contributed by atoms with van der Waals surface area (Å²) >= 11 is 55.5. The van der Waals surface area contributed by atoms with E-state index in [0.29, 0.717) is 108 Å². The quantitative estimate of drug-likeness (QED) is 0.0355. The molecule has 8 amide bonds. The van der Waals surface area contributed by atoms with Gasteiger partial charge in [0.15, 0.2) is 0 Å². The van der Waals surface area contributed by atoms with Crippen LogP contribution in [0.2, 0.25) is 45.2 Å². The maximum absolute atomic E-state index is 12.1. The molecular formula is C111H85BrCl9N9O17. The van der Waals surface area contributed by atoms with Crippen molar-refractivity contribution in [3.8, 4) is 70.2 Å². The van der Waals surface area contributed by atoms with Crippen LogP contribution in [0.1, 0.15) is 112 Å². The number of rotatable bonds is 18. The number of terminal acetylenes is 1. The highest BCUT2D eigenvalue weighted by atomic mass is 79.9. The molecule has 16 N–H and O–H groups in total. The third-order valence-corrected chi connectivity index (χ3v) is 22.2. The van der Waals surface area contributed by atoms with Gasteiger partial charge in [0.05, 0.1) is 63.3 Å². The summed E-state index contributed by atoms with van der Waals surface area (Å²) in [5.74, 6) is -1.20. The number of amides is 8. The minimum absolute atomic E-state index is 0.0786. The van der Waals surface area contributed by atoms with Crippen molar-refractivity contribution in [2.75, 3.05) is 49.6 Å². The Bertz CT molecular complexity index is 7070. The number of nitriles is 1. The third kappa shape index (κ3) is 37.4. The number of nitrogens with zero attached hydrogens (tertiary/aromatic N) is 1. The van der Waals surface area contributed by atoms with Gasteiger partial charge in [-0.25, -0.2) is 0 Å². The van der Waals surface area contributed by atoms with E-state index in [4.69, 9.17) is 121 Å². The van der Waals surface area contributed by atoms with Gasteiger partial charge in [0.25, 0.3) is 47.3 Å². The Morgan fingerprint density at radius 1 is 0.279 bits per heavy atom. The van der Waals surface area contributed by atoms with Crippen molar-refractivity contribution in [3.05, 3.63) is 462 Å². The molecule has 0 aliphatic rings. The number of benzene rings is 16. The summed E-state index contributed by atoms with van der Waals surface area (Å²) in [7, 11) is 1.55. The molecule has 0 bridgehead atoms. The number of nitrogens with one attached hydrogen (secondary N) is 8. The van der Waals surface area contributed by atoms with Crippen molar-refractivity contribution < 1.29 is 83.9 Å². The lowest BCUT2D eigenvalue weighted by Gasteiger charge is -2.08. The number of para-hydroxylation sites is 1. The van der Waals surface area contributed by atoms with Crippen molar-refractivity contribution in [1.29, 1.82) is 5.26 Å². The smallest absolute Gasteiger partial charge is 0.259 e. The van der Waals surface area contributed by atoms with E-state index in [1.807, 2.05) is 80.6 Å². The fourth-order valence-electron chi connectivity index (χ4n) is 12.4. The molecule has 0 saturated carbocycles. The van der Waals surface area contributed by atoms with E-state index in [0.717, 1.165) is 22.0 Å². The average Bonchev–Trinajstić information content (AvgIpc) is 0.835. The fraction of sp³-hybridized carbons (Fsp3) is 0.0360. The van der Waals surface area contributed by atoms with E-state index in [-0.39, 0.29) is 102 Å². The van der Waals surface area contributed by atoms with Crippen LogP contribution >= 0.6 is 120 Å².